The Bertz CT molecular complexity index is 664. The highest BCUT2D eigenvalue weighted by Gasteiger charge is 2.43. The molecule has 0 heterocycles. The first kappa shape index (κ1) is 14.5. The van der Waals surface area contributed by atoms with Gasteiger partial charge in [-0.25, -0.2) is 5.43 Å². The van der Waals surface area contributed by atoms with Crippen LogP contribution in [-0.4, -0.2) is 11.6 Å². The Hall–Kier alpha value is -2.42. The quantitative estimate of drug-likeness (QED) is 0.662. The molecular weight excluding hydrogens is 272 g/mol. The minimum Gasteiger partial charge on any atom is -0.273 e. The first-order valence-corrected chi connectivity index (χ1v) is 7.76. The molecular formula is C19H20N2O. The Labute approximate surface area is 131 Å². The zero-order chi connectivity index (χ0) is 15.4. The SMILES string of the molecule is CCC(=NNC(=O)[C@H]1C[C@H]1c1ccccc1)c1ccccc1. The van der Waals surface area contributed by atoms with Gasteiger partial charge in [0, 0.05) is 5.92 Å². The van der Waals surface area contributed by atoms with Gasteiger partial charge in [-0.15, -0.1) is 0 Å². The summed E-state index contributed by atoms with van der Waals surface area (Å²) in [7, 11) is 0. The smallest absolute Gasteiger partial charge is 0.243 e. The van der Waals surface area contributed by atoms with Crippen molar-refractivity contribution in [3.63, 3.8) is 0 Å². The Morgan fingerprint density at radius 3 is 2.36 bits per heavy atom. The molecule has 1 aliphatic carbocycles. The number of hydrogen-bond acceptors (Lipinski definition) is 2. The van der Waals surface area contributed by atoms with Crippen LogP contribution < -0.4 is 5.43 Å². The van der Waals surface area contributed by atoms with Gasteiger partial charge in [-0.2, -0.15) is 5.10 Å². The van der Waals surface area contributed by atoms with Gasteiger partial charge < -0.3 is 0 Å². The number of nitrogens with zero attached hydrogens (tertiary/aromatic N) is 1. The molecule has 112 valence electrons. The molecule has 2 aromatic carbocycles. The molecule has 1 saturated carbocycles. The van der Waals surface area contributed by atoms with Gasteiger partial charge in [0.05, 0.1) is 5.71 Å². The van der Waals surface area contributed by atoms with Crippen LogP contribution in [0.2, 0.25) is 0 Å². The van der Waals surface area contributed by atoms with Crippen molar-refractivity contribution >= 4 is 11.6 Å². The summed E-state index contributed by atoms with van der Waals surface area (Å²) in [5.41, 5.74) is 5.95. The lowest BCUT2D eigenvalue weighted by atomic mass is 10.1. The molecule has 3 nitrogen and oxygen atoms in total. The second-order valence-corrected chi connectivity index (χ2v) is 5.61. The minimum absolute atomic E-state index is 0.0238. The molecule has 2 aromatic rings. The molecule has 0 unspecified atom stereocenters. The molecule has 3 heteroatoms. The van der Waals surface area contributed by atoms with Crippen molar-refractivity contribution < 1.29 is 4.79 Å². The Balaban J connectivity index is 1.62. The summed E-state index contributed by atoms with van der Waals surface area (Å²) >= 11 is 0. The van der Waals surface area contributed by atoms with Gasteiger partial charge in [0.25, 0.3) is 0 Å². The van der Waals surface area contributed by atoms with Crippen LogP contribution in [0.15, 0.2) is 65.8 Å². The van der Waals surface area contributed by atoms with Crippen molar-refractivity contribution in [3.05, 3.63) is 71.8 Å². The van der Waals surface area contributed by atoms with Crippen molar-refractivity contribution in [2.24, 2.45) is 11.0 Å². The van der Waals surface area contributed by atoms with Crippen LogP contribution in [0.1, 0.15) is 36.8 Å². The molecule has 1 amide bonds. The van der Waals surface area contributed by atoms with E-state index >= 15 is 0 Å². The lowest BCUT2D eigenvalue weighted by Gasteiger charge is -2.05. The number of carbonyl (C=O) groups excluding carboxylic acids is 1. The second kappa shape index (κ2) is 6.56. The summed E-state index contributed by atoms with van der Waals surface area (Å²) in [6.07, 6.45) is 1.70. The zero-order valence-electron chi connectivity index (χ0n) is 12.7. The van der Waals surface area contributed by atoms with E-state index in [0.717, 1.165) is 24.1 Å². The Morgan fingerprint density at radius 2 is 1.73 bits per heavy atom. The number of rotatable bonds is 5. The average Bonchev–Trinajstić information content (AvgIpc) is 3.38. The highest BCUT2D eigenvalue weighted by Crippen LogP contribution is 2.47. The van der Waals surface area contributed by atoms with E-state index in [4.69, 9.17) is 0 Å². The lowest BCUT2D eigenvalue weighted by Crippen LogP contribution is -2.22. The van der Waals surface area contributed by atoms with E-state index in [1.165, 1.54) is 5.56 Å². The summed E-state index contributed by atoms with van der Waals surface area (Å²) in [4.78, 5) is 12.2. The fraction of sp³-hybridized carbons (Fsp3) is 0.263. The molecule has 1 N–H and O–H groups in total. The number of benzene rings is 2. The van der Waals surface area contributed by atoms with E-state index in [-0.39, 0.29) is 11.8 Å². The van der Waals surface area contributed by atoms with E-state index in [1.807, 2.05) is 55.5 Å². The molecule has 0 radical (unpaired) electrons. The third-order valence-electron chi connectivity index (χ3n) is 4.10. The van der Waals surface area contributed by atoms with Crippen molar-refractivity contribution in [3.8, 4) is 0 Å². The van der Waals surface area contributed by atoms with Crippen LogP contribution in [0.4, 0.5) is 0 Å². The summed E-state index contributed by atoms with van der Waals surface area (Å²) in [5, 5.41) is 4.32. The largest absolute Gasteiger partial charge is 0.273 e. The van der Waals surface area contributed by atoms with Crippen LogP contribution in [0.3, 0.4) is 0 Å². The zero-order valence-corrected chi connectivity index (χ0v) is 12.7. The number of hydrogen-bond donors (Lipinski definition) is 1. The predicted molar refractivity (Wildman–Crippen MR) is 88.7 cm³/mol. The van der Waals surface area contributed by atoms with Crippen LogP contribution in [0.5, 0.6) is 0 Å². The molecule has 1 aliphatic rings. The standard InChI is InChI=1S/C19H20N2O/c1-2-18(15-11-7-4-8-12-15)20-21-19(22)17-13-16(17)14-9-5-3-6-10-14/h3-12,16-17H,2,13H2,1H3,(H,21,22)/t16-,17-/m0/s1. The maximum atomic E-state index is 12.2. The van der Waals surface area contributed by atoms with E-state index in [9.17, 15) is 4.79 Å². The van der Waals surface area contributed by atoms with E-state index in [2.05, 4.69) is 22.7 Å². The first-order chi connectivity index (χ1) is 10.8. The molecule has 0 spiro atoms. The first-order valence-electron chi connectivity index (χ1n) is 7.76. The molecule has 3 rings (SSSR count). The maximum absolute atomic E-state index is 12.2. The fourth-order valence-electron chi connectivity index (χ4n) is 2.74. The van der Waals surface area contributed by atoms with Crippen LogP contribution in [-0.2, 0) is 4.79 Å². The highest BCUT2D eigenvalue weighted by molar-refractivity contribution is 6.01. The number of nitrogens with one attached hydrogen (secondary N) is 1. The van der Waals surface area contributed by atoms with Gasteiger partial charge in [0.1, 0.15) is 0 Å². The molecule has 1 fully saturated rings. The number of hydrazone groups is 1. The monoisotopic (exact) mass is 292 g/mol. The summed E-state index contributed by atoms with van der Waals surface area (Å²) < 4.78 is 0. The maximum Gasteiger partial charge on any atom is 0.243 e. The fourth-order valence-corrected chi connectivity index (χ4v) is 2.74. The molecule has 2 atom stereocenters. The van der Waals surface area contributed by atoms with Gasteiger partial charge in [-0.3, -0.25) is 4.79 Å². The van der Waals surface area contributed by atoms with Crippen molar-refractivity contribution in [1.29, 1.82) is 0 Å². The molecule has 0 bridgehead atoms. The molecule has 0 aromatic heterocycles. The van der Waals surface area contributed by atoms with Crippen LogP contribution in [0, 0.1) is 5.92 Å². The highest BCUT2D eigenvalue weighted by atomic mass is 16.2. The van der Waals surface area contributed by atoms with Gasteiger partial charge in [-0.05, 0) is 29.9 Å². The molecule has 0 saturated heterocycles. The molecule has 0 aliphatic heterocycles. The van der Waals surface area contributed by atoms with Gasteiger partial charge >= 0.3 is 0 Å². The van der Waals surface area contributed by atoms with Crippen molar-refractivity contribution in [2.45, 2.75) is 25.7 Å². The average molecular weight is 292 g/mol. The van der Waals surface area contributed by atoms with Crippen LogP contribution in [0.25, 0.3) is 0 Å². The van der Waals surface area contributed by atoms with Gasteiger partial charge in [0.2, 0.25) is 5.91 Å². The normalized spacial score (nSPS) is 20.5. The third-order valence-corrected chi connectivity index (χ3v) is 4.10. The summed E-state index contributed by atoms with van der Waals surface area (Å²) in [5.74, 6) is 0.425. The lowest BCUT2D eigenvalue weighted by molar-refractivity contribution is -0.122. The van der Waals surface area contributed by atoms with Crippen molar-refractivity contribution in [1.82, 2.24) is 5.43 Å². The Morgan fingerprint density at radius 1 is 1.09 bits per heavy atom. The van der Waals surface area contributed by atoms with E-state index in [0.29, 0.717) is 5.92 Å². The second-order valence-electron chi connectivity index (χ2n) is 5.61. The van der Waals surface area contributed by atoms with E-state index in [1.54, 1.807) is 0 Å². The van der Waals surface area contributed by atoms with Gasteiger partial charge in [0.15, 0.2) is 0 Å². The predicted octanol–water partition coefficient (Wildman–Crippen LogP) is 3.72. The van der Waals surface area contributed by atoms with Crippen LogP contribution >= 0.6 is 0 Å². The Kier molecular flexibility index (Phi) is 4.33. The number of carbonyl (C=O) groups is 1. The van der Waals surface area contributed by atoms with E-state index < -0.39 is 0 Å². The van der Waals surface area contributed by atoms with Crippen molar-refractivity contribution in [2.75, 3.05) is 0 Å². The summed E-state index contributed by atoms with van der Waals surface area (Å²) in [6.45, 7) is 2.04. The topological polar surface area (TPSA) is 41.5 Å². The minimum atomic E-state index is 0.0238. The molecule has 22 heavy (non-hydrogen) atoms. The number of amides is 1. The summed E-state index contributed by atoms with van der Waals surface area (Å²) in [6, 6.07) is 20.2. The third kappa shape index (κ3) is 3.25. The van der Waals surface area contributed by atoms with Gasteiger partial charge in [-0.1, -0.05) is 67.6 Å².